The third-order valence-electron chi connectivity index (χ3n) is 4.52. The average molecular weight is 375 g/mol. The molecule has 1 aromatic carbocycles. The van der Waals surface area contributed by atoms with Crippen molar-refractivity contribution in [1.29, 1.82) is 0 Å². The summed E-state index contributed by atoms with van der Waals surface area (Å²) < 4.78 is 1.87. The van der Waals surface area contributed by atoms with Gasteiger partial charge in [-0.1, -0.05) is 24.6 Å². The minimum absolute atomic E-state index is 0.213. The molecule has 0 unspecified atom stereocenters. The lowest BCUT2D eigenvalue weighted by molar-refractivity contribution is 0.0947. The molecule has 0 bridgehead atoms. The number of nitrogens with one attached hydrogen (secondary N) is 2. The Hall–Kier alpha value is -2.34. The number of hydrogen-bond donors (Lipinski definition) is 2. The highest BCUT2D eigenvalue weighted by Crippen LogP contribution is 2.24. The van der Waals surface area contributed by atoms with E-state index in [1.807, 2.05) is 24.5 Å². The summed E-state index contributed by atoms with van der Waals surface area (Å²) in [6.07, 6.45) is 3.57. The van der Waals surface area contributed by atoms with Gasteiger partial charge in [0.05, 0.1) is 5.69 Å². The molecule has 2 heterocycles. The van der Waals surface area contributed by atoms with Crippen LogP contribution in [0.15, 0.2) is 18.2 Å². The second-order valence-corrected chi connectivity index (χ2v) is 6.95. The number of fused-ring (bicyclic) bond motifs is 1. The molecule has 0 atom stereocenters. The van der Waals surface area contributed by atoms with Crippen molar-refractivity contribution in [2.45, 2.75) is 46.1 Å². The van der Waals surface area contributed by atoms with Crippen molar-refractivity contribution in [3.8, 4) is 0 Å². The molecule has 7 heteroatoms. The van der Waals surface area contributed by atoms with E-state index in [2.05, 4.69) is 15.6 Å². The van der Waals surface area contributed by atoms with Crippen LogP contribution in [0, 0.1) is 6.92 Å². The second-order valence-electron chi connectivity index (χ2n) is 6.51. The first kappa shape index (κ1) is 18.5. The van der Waals surface area contributed by atoms with Gasteiger partial charge in [-0.3, -0.25) is 9.59 Å². The summed E-state index contributed by atoms with van der Waals surface area (Å²) in [6, 6.07) is 5.34. The van der Waals surface area contributed by atoms with Crippen LogP contribution in [-0.4, -0.2) is 27.9 Å². The molecule has 2 aromatic rings. The maximum absolute atomic E-state index is 12.8. The Morgan fingerprint density at radius 1 is 1.27 bits per heavy atom. The fourth-order valence-corrected chi connectivity index (χ4v) is 3.30. The Kier molecular flexibility index (Phi) is 5.61. The number of nitrogens with zero attached hydrogens (tertiary/aromatic N) is 2. The summed E-state index contributed by atoms with van der Waals surface area (Å²) in [5.41, 5.74) is 2.77. The quantitative estimate of drug-likeness (QED) is 0.839. The molecule has 0 fully saturated rings. The Labute approximate surface area is 157 Å². The van der Waals surface area contributed by atoms with Crippen molar-refractivity contribution < 1.29 is 9.59 Å². The Balaban J connectivity index is 1.91. The van der Waals surface area contributed by atoms with Crippen LogP contribution in [0.25, 0.3) is 0 Å². The molecule has 1 aromatic heterocycles. The fraction of sp³-hybridized carbons (Fsp3) is 0.421. The van der Waals surface area contributed by atoms with Gasteiger partial charge in [0.1, 0.15) is 5.69 Å². The fourth-order valence-electron chi connectivity index (χ4n) is 3.13. The van der Waals surface area contributed by atoms with Crippen molar-refractivity contribution in [3.05, 3.63) is 46.0 Å². The van der Waals surface area contributed by atoms with E-state index in [1.165, 1.54) is 0 Å². The number of carbonyl (C=O) groups excluding carboxylic acids is 2. The zero-order chi connectivity index (χ0) is 18.7. The maximum atomic E-state index is 12.8. The van der Waals surface area contributed by atoms with Crippen molar-refractivity contribution in [3.63, 3.8) is 0 Å². The smallest absolute Gasteiger partial charge is 0.291 e. The highest BCUT2D eigenvalue weighted by molar-refractivity contribution is 6.31. The molecule has 3 rings (SSSR count). The first-order valence-electron chi connectivity index (χ1n) is 8.96. The number of imidazole rings is 1. The minimum atomic E-state index is -0.326. The third-order valence-corrected chi connectivity index (χ3v) is 4.75. The van der Waals surface area contributed by atoms with E-state index in [9.17, 15) is 9.59 Å². The Morgan fingerprint density at radius 2 is 2.08 bits per heavy atom. The maximum Gasteiger partial charge on any atom is 0.291 e. The number of benzene rings is 1. The lowest BCUT2D eigenvalue weighted by Gasteiger charge is -2.17. The first-order valence-corrected chi connectivity index (χ1v) is 9.34. The van der Waals surface area contributed by atoms with Crippen LogP contribution < -0.4 is 10.6 Å². The Morgan fingerprint density at radius 3 is 2.85 bits per heavy atom. The van der Waals surface area contributed by atoms with E-state index < -0.39 is 0 Å². The SMILES string of the molecule is CCCNC(=O)c1nc(C(=O)Nc2cc(Cl)ccc2C)n2c1CCCC2. The van der Waals surface area contributed by atoms with Crippen LogP contribution in [0.2, 0.25) is 5.02 Å². The van der Waals surface area contributed by atoms with Crippen molar-refractivity contribution in [2.24, 2.45) is 0 Å². The largest absolute Gasteiger partial charge is 0.351 e. The number of amides is 2. The van der Waals surface area contributed by atoms with E-state index in [0.717, 1.165) is 36.9 Å². The molecule has 0 saturated carbocycles. The zero-order valence-corrected chi connectivity index (χ0v) is 15.8. The number of carbonyl (C=O) groups is 2. The van der Waals surface area contributed by atoms with Gasteiger partial charge in [-0.15, -0.1) is 0 Å². The Bertz CT molecular complexity index is 844. The number of aromatic nitrogens is 2. The van der Waals surface area contributed by atoms with Gasteiger partial charge in [0, 0.05) is 23.8 Å². The molecule has 1 aliphatic rings. The highest BCUT2D eigenvalue weighted by atomic mass is 35.5. The first-order chi connectivity index (χ1) is 12.5. The summed E-state index contributed by atoms with van der Waals surface area (Å²) in [5.74, 6) is -0.260. The number of rotatable bonds is 5. The summed E-state index contributed by atoms with van der Waals surface area (Å²) in [6.45, 7) is 5.18. The van der Waals surface area contributed by atoms with Gasteiger partial charge in [0.15, 0.2) is 5.82 Å². The molecule has 0 aliphatic carbocycles. The summed E-state index contributed by atoms with van der Waals surface area (Å²) in [7, 11) is 0. The van der Waals surface area contributed by atoms with Crippen LogP contribution in [0.1, 0.15) is 58.6 Å². The number of anilines is 1. The van der Waals surface area contributed by atoms with Gasteiger partial charge in [0.25, 0.3) is 11.8 Å². The summed E-state index contributed by atoms with van der Waals surface area (Å²) >= 11 is 6.03. The van der Waals surface area contributed by atoms with Crippen LogP contribution in [0.5, 0.6) is 0 Å². The third kappa shape index (κ3) is 3.75. The molecular weight excluding hydrogens is 352 g/mol. The van der Waals surface area contributed by atoms with Crippen molar-refractivity contribution >= 4 is 29.1 Å². The molecule has 0 radical (unpaired) electrons. The number of halogens is 1. The van der Waals surface area contributed by atoms with E-state index in [4.69, 9.17) is 11.6 Å². The minimum Gasteiger partial charge on any atom is -0.351 e. The number of aryl methyl sites for hydroxylation is 1. The predicted molar refractivity (Wildman–Crippen MR) is 102 cm³/mol. The molecule has 0 saturated heterocycles. The van der Waals surface area contributed by atoms with Crippen LogP contribution >= 0.6 is 11.6 Å². The summed E-state index contributed by atoms with van der Waals surface area (Å²) in [5, 5.41) is 6.28. The molecule has 6 nitrogen and oxygen atoms in total. The van der Waals surface area contributed by atoms with E-state index in [0.29, 0.717) is 29.5 Å². The van der Waals surface area contributed by atoms with Gasteiger partial charge >= 0.3 is 0 Å². The molecule has 0 spiro atoms. The van der Waals surface area contributed by atoms with E-state index in [-0.39, 0.29) is 17.6 Å². The molecule has 2 N–H and O–H groups in total. The van der Waals surface area contributed by atoms with Gasteiger partial charge in [-0.2, -0.15) is 0 Å². The van der Waals surface area contributed by atoms with Gasteiger partial charge in [-0.05, 0) is 50.3 Å². The van der Waals surface area contributed by atoms with Gasteiger partial charge < -0.3 is 15.2 Å². The lowest BCUT2D eigenvalue weighted by atomic mass is 10.1. The number of hydrogen-bond acceptors (Lipinski definition) is 3. The molecular formula is C19H23ClN4O2. The monoisotopic (exact) mass is 374 g/mol. The van der Waals surface area contributed by atoms with Crippen molar-refractivity contribution in [1.82, 2.24) is 14.9 Å². The van der Waals surface area contributed by atoms with Crippen LogP contribution in [0.4, 0.5) is 5.69 Å². The van der Waals surface area contributed by atoms with E-state index >= 15 is 0 Å². The molecule has 2 amide bonds. The lowest BCUT2D eigenvalue weighted by Crippen LogP contribution is -2.26. The van der Waals surface area contributed by atoms with Crippen LogP contribution in [-0.2, 0) is 13.0 Å². The normalized spacial score (nSPS) is 13.2. The van der Waals surface area contributed by atoms with Gasteiger partial charge in [0.2, 0.25) is 0 Å². The molecule has 138 valence electrons. The average Bonchev–Trinajstić information content (AvgIpc) is 3.02. The van der Waals surface area contributed by atoms with Gasteiger partial charge in [-0.25, -0.2) is 4.98 Å². The molecule has 1 aliphatic heterocycles. The van der Waals surface area contributed by atoms with E-state index in [1.54, 1.807) is 12.1 Å². The van der Waals surface area contributed by atoms with Crippen molar-refractivity contribution in [2.75, 3.05) is 11.9 Å². The zero-order valence-electron chi connectivity index (χ0n) is 15.1. The molecule has 26 heavy (non-hydrogen) atoms. The topological polar surface area (TPSA) is 76.0 Å². The van der Waals surface area contributed by atoms with Crippen LogP contribution in [0.3, 0.4) is 0 Å². The highest BCUT2D eigenvalue weighted by Gasteiger charge is 2.27. The summed E-state index contributed by atoms with van der Waals surface area (Å²) in [4.78, 5) is 29.7. The standard InChI is InChI=1S/C19H23ClN4O2/c1-3-9-21-18(25)16-15-6-4-5-10-24(15)17(23-16)19(26)22-14-11-13(20)8-7-12(14)2/h7-8,11H,3-6,9-10H2,1-2H3,(H,21,25)(H,22,26). The second kappa shape index (κ2) is 7.91. The predicted octanol–water partition coefficient (Wildman–Crippen LogP) is 3.57.